The quantitative estimate of drug-likeness (QED) is 0.477. The van der Waals surface area contributed by atoms with Gasteiger partial charge >= 0.3 is 12.5 Å². The van der Waals surface area contributed by atoms with Crippen molar-refractivity contribution in [1.29, 1.82) is 0 Å². The number of nitrogens with zero attached hydrogens (tertiary/aromatic N) is 7. The van der Waals surface area contributed by atoms with E-state index in [-0.39, 0.29) is 48.2 Å². The summed E-state index contributed by atoms with van der Waals surface area (Å²) in [5.74, 6) is -0.655. The third kappa shape index (κ3) is 5.94. The molecule has 0 N–H and O–H groups in total. The zero-order valence-electron chi connectivity index (χ0n) is 21.4. The van der Waals surface area contributed by atoms with Crippen molar-refractivity contribution in [3.8, 4) is 17.1 Å². The summed E-state index contributed by atoms with van der Waals surface area (Å²) >= 11 is 0. The highest BCUT2D eigenvalue weighted by molar-refractivity contribution is 5.97. The van der Waals surface area contributed by atoms with E-state index in [1.807, 2.05) is 0 Å². The topological polar surface area (TPSA) is 116 Å². The van der Waals surface area contributed by atoms with Gasteiger partial charge in [-0.15, -0.1) is 18.3 Å². The monoisotopic (exact) mass is 545 g/mol. The van der Waals surface area contributed by atoms with Crippen LogP contribution in [0.15, 0.2) is 42.9 Å². The van der Waals surface area contributed by atoms with Crippen molar-refractivity contribution in [3.05, 3.63) is 54.1 Å². The maximum absolute atomic E-state index is 13.5. The van der Waals surface area contributed by atoms with Crippen LogP contribution in [0.25, 0.3) is 11.4 Å². The second kappa shape index (κ2) is 9.82. The molecular formula is C25H26F3N7O4. The molecule has 2 atom stereocenters. The number of halogens is 3. The van der Waals surface area contributed by atoms with Gasteiger partial charge in [0.25, 0.3) is 5.91 Å². The maximum atomic E-state index is 13.5. The van der Waals surface area contributed by atoms with E-state index in [2.05, 4.69) is 25.0 Å². The molecule has 206 valence electrons. The second-order valence-electron chi connectivity index (χ2n) is 10.4. The zero-order valence-corrected chi connectivity index (χ0v) is 21.4. The Morgan fingerprint density at radius 3 is 2.69 bits per heavy atom. The lowest BCUT2D eigenvalue weighted by molar-refractivity contribution is -0.274. The average molecular weight is 546 g/mol. The number of hydrogen-bond acceptors (Lipinski definition) is 8. The number of likely N-dealkylation sites (tertiary alicyclic amines) is 1. The first-order valence-electron chi connectivity index (χ1n) is 12.2. The molecule has 0 radical (unpaired) electrons. The van der Waals surface area contributed by atoms with Crippen molar-refractivity contribution < 1.29 is 32.2 Å². The molecule has 3 aromatic rings. The smallest absolute Gasteiger partial charge is 0.444 e. The summed E-state index contributed by atoms with van der Waals surface area (Å²) in [6.45, 7) is 6.23. The Morgan fingerprint density at radius 2 is 2.00 bits per heavy atom. The van der Waals surface area contributed by atoms with Crippen molar-refractivity contribution in [2.75, 3.05) is 6.54 Å². The first-order chi connectivity index (χ1) is 18.4. The van der Waals surface area contributed by atoms with Crippen LogP contribution in [0.2, 0.25) is 0 Å². The third-order valence-corrected chi connectivity index (χ3v) is 6.33. The summed E-state index contributed by atoms with van der Waals surface area (Å²) in [5, 5.41) is 7.82. The Hall–Kier alpha value is -4.23. The van der Waals surface area contributed by atoms with E-state index < -0.39 is 23.8 Å². The number of amides is 2. The van der Waals surface area contributed by atoms with Crippen molar-refractivity contribution in [1.82, 2.24) is 34.8 Å². The van der Waals surface area contributed by atoms with E-state index >= 15 is 0 Å². The van der Waals surface area contributed by atoms with E-state index in [1.54, 1.807) is 47.6 Å². The molecule has 2 aliphatic rings. The van der Waals surface area contributed by atoms with Gasteiger partial charge in [0.1, 0.15) is 17.0 Å². The standard InChI is InChI=1S/C25H26F3N7O4/c1-24(2,3)39-23(37)35-14-18(10-17(35)13-33-8-7-30-32-33)34-12-16-11-29-21(31-20(16)22(34)36)15-5-4-6-19(9-15)38-25(26,27)28/h4-9,11,17-18H,10,12-14H2,1-3H3/t17-,18+/m0/s1. The Bertz CT molecular complexity index is 1370. The SMILES string of the molecule is CC(C)(C)OC(=O)N1C[C@H](N2Cc3cnc(-c4cccc(OC(F)(F)F)c4)nc3C2=O)C[C@H]1Cn1ccnn1. The fourth-order valence-corrected chi connectivity index (χ4v) is 4.75. The van der Waals surface area contributed by atoms with Crippen LogP contribution in [-0.4, -0.2) is 77.4 Å². The molecule has 5 rings (SSSR count). The van der Waals surface area contributed by atoms with Gasteiger partial charge < -0.3 is 19.3 Å². The lowest BCUT2D eigenvalue weighted by Crippen LogP contribution is -2.43. The van der Waals surface area contributed by atoms with Gasteiger partial charge in [0.15, 0.2) is 5.82 Å². The fraction of sp³-hybridized carbons (Fsp3) is 0.440. The van der Waals surface area contributed by atoms with E-state index in [4.69, 9.17) is 4.74 Å². The minimum atomic E-state index is -4.84. The number of rotatable bonds is 5. The molecule has 1 fully saturated rings. The first kappa shape index (κ1) is 26.4. The van der Waals surface area contributed by atoms with Crippen LogP contribution in [0.1, 0.15) is 43.2 Å². The van der Waals surface area contributed by atoms with Gasteiger partial charge in [-0.1, -0.05) is 17.3 Å². The molecule has 0 unspecified atom stereocenters. The molecule has 11 nitrogen and oxygen atoms in total. The number of carbonyl (C=O) groups excluding carboxylic acids is 2. The number of hydrogen-bond donors (Lipinski definition) is 0. The fourth-order valence-electron chi connectivity index (χ4n) is 4.75. The molecule has 1 saturated heterocycles. The number of ether oxygens (including phenoxy) is 2. The lowest BCUT2D eigenvalue weighted by atomic mass is 10.1. The van der Waals surface area contributed by atoms with Gasteiger partial charge in [-0.2, -0.15) is 0 Å². The first-order valence-corrected chi connectivity index (χ1v) is 12.2. The van der Waals surface area contributed by atoms with Gasteiger partial charge in [0.2, 0.25) is 0 Å². The van der Waals surface area contributed by atoms with Gasteiger partial charge in [0, 0.05) is 30.1 Å². The van der Waals surface area contributed by atoms with Crippen molar-refractivity contribution >= 4 is 12.0 Å². The maximum Gasteiger partial charge on any atom is 0.573 e. The summed E-state index contributed by atoms with van der Waals surface area (Å²) in [5.41, 5.74) is 0.345. The Morgan fingerprint density at radius 1 is 1.21 bits per heavy atom. The van der Waals surface area contributed by atoms with E-state index in [9.17, 15) is 22.8 Å². The van der Waals surface area contributed by atoms with Crippen LogP contribution in [0, 0.1) is 0 Å². The number of benzene rings is 1. The van der Waals surface area contributed by atoms with Gasteiger partial charge in [-0.3, -0.25) is 9.48 Å². The minimum absolute atomic E-state index is 0.0995. The van der Waals surface area contributed by atoms with Crippen LogP contribution in [0.4, 0.5) is 18.0 Å². The molecular weight excluding hydrogens is 519 g/mol. The third-order valence-electron chi connectivity index (χ3n) is 6.33. The predicted molar refractivity (Wildman–Crippen MR) is 129 cm³/mol. The van der Waals surface area contributed by atoms with E-state index in [0.29, 0.717) is 18.5 Å². The van der Waals surface area contributed by atoms with Crippen molar-refractivity contribution in [2.45, 2.75) is 64.3 Å². The zero-order chi connectivity index (χ0) is 27.9. The Balaban J connectivity index is 1.35. The summed E-state index contributed by atoms with van der Waals surface area (Å²) in [6, 6.07) is 4.65. The number of fused-ring (bicyclic) bond motifs is 1. The van der Waals surface area contributed by atoms with Crippen LogP contribution >= 0.6 is 0 Å². The van der Waals surface area contributed by atoms with Crippen LogP contribution in [0.3, 0.4) is 0 Å². The van der Waals surface area contributed by atoms with E-state index in [1.165, 1.54) is 24.4 Å². The highest BCUT2D eigenvalue weighted by atomic mass is 19.4. The number of aromatic nitrogens is 5. The molecule has 39 heavy (non-hydrogen) atoms. The highest BCUT2D eigenvalue weighted by Gasteiger charge is 2.44. The molecule has 4 heterocycles. The molecule has 2 aliphatic heterocycles. The number of carbonyl (C=O) groups is 2. The predicted octanol–water partition coefficient (Wildman–Crippen LogP) is 3.67. The average Bonchev–Trinajstić information content (AvgIpc) is 3.57. The molecule has 14 heteroatoms. The van der Waals surface area contributed by atoms with Crippen LogP contribution in [-0.2, 0) is 17.8 Å². The molecule has 0 bridgehead atoms. The Kier molecular flexibility index (Phi) is 6.64. The summed E-state index contributed by atoms with van der Waals surface area (Å²) in [6.07, 6.45) is -0.0953. The van der Waals surface area contributed by atoms with E-state index in [0.717, 1.165) is 6.07 Å². The molecule has 1 aromatic carbocycles. The molecule has 0 aliphatic carbocycles. The van der Waals surface area contributed by atoms with Crippen LogP contribution in [0.5, 0.6) is 5.75 Å². The highest BCUT2D eigenvalue weighted by Crippen LogP contribution is 2.33. The number of alkyl halides is 3. The minimum Gasteiger partial charge on any atom is -0.444 e. The van der Waals surface area contributed by atoms with Crippen molar-refractivity contribution in [3.63, 3.8) is 0 Å². The largest absolute Gasteiger partial charge is 0.573 e. The second-order valence-corrected chi connectivity index (χ2v) is 10.4. The molecule has 0 saturated carbocycles. The molecule has 2 aromatic heterocycles. The molecule has 0 spiro atoms. The molecule has 2 amide bonds. The van der Waals surface area contributed by atoms with Crippen molar-refractivity contribution in [2.24, 2.45) is 0 Å². The lowest BCUT2D eigenvalue weighted by Gasteiger charge is -2.28. The van der Waals surface area contributed by atoms with Gasteiger partial charge in [-0.05, 0) is 39.3 Å². The van der Waals surface area contributed by atoms with Gasteiger partial charge in [0.05, 0.1) is 31.4 Å². The summed E-state index contributed by atoms with van der Waals surface area (Å²) < 4.78 is 49.2. The Labute approximate surface area is 221 Å². The van der Waals surface area contributed by atoms with Crippen LogP contribution < -0.4 is 4.74 Å². The summed E-state index contributed by atoms with van der Waals surface area (Å²) in [7, 11) is 0. The summed E-state index contributed by atoms with van der Waals surface area (Å²) in [4.78, 5) is 38.4. The normalized spacial score (nSPS) is 19.4. The van der Waals surface area contributed by atoms with Gasteiger partial charge in [-0.25, -0.2) is 14.8 Å².